The summed E-state index contributed by atoms with van der Waals surface area (Å²) in [6, 6.07) is 0. The largest absolute Gasteiger partial charge is 0.349 e. The maximum Gasteiger partial charge on any atom is 0.224 e. The van der Waals surface area contributed by atoms with Gasteiger partial charge >= 0.3 is 0 Å². The molecule has 0 bridgehead atoms. The van der Waals surface area contributed by atoms with Crippen molar-refractivity contribution in [3.63, 3.8) is 0 Å². The minimum atomic E-state index is 0.0885. The Labute approximate surface area is 101 Å². The normalized spacial score (nSPS) is 14.0. The Balaban J connectivity index is 4.51. The molecule has 0 aliphatic carbocycles. The second-order valence-electron chi connectivity index (χ2n) is 5.32. The molecule has 3 heteroatoms. The summed E-state index contributed by atoms with van der Waals surface area (Å²) in [5, 5.41) is 0. The molecule has 3 nitrogen and oxygen atoms in total. The van der Waals surface area contributed by atoms with E-state index in [0.29, 0.717) is 0 Å². The third-order valence-electron chi connectivity index (χ3n) is 3.29. The number of hydrogen-bond donors (Lipinski definition) is 0. The topological polar surface area (TPSA) is 23.6 Å². The molecule has 0 saturated carbocycles. The maximum atomic E-state index is 11.8. The van der Waals surface area contributed by atoms with Gasteiger partial charge in [-0.25, -0.2) is 0 Å². The van der Waals surface area contributed by atoms with Crippen LogP contribution < -0.4 is 0 Å². The Morgan fingerprint density at radius 2 is 1.62 bits per heavy atom. The van der Waals surface area contributed by atoms with E-state index >= 15 is 0 Å². The summed E-state index contributed by atoms with van der Waals surface area (Å²) in [5.41, 5.74) is 0.0919. The molecule has 0 heterocycles. The van der Waals surface area contributed by atoms with E-state index in [1.54, 1.807) is 4.90 Å². The first kappa shape index (κ1) is 15.4. The summed E-state index contributed by atoms with van der Waals surface area (Å²) in [6.07, 6.45) is 0.908. The lowest BCUT2D eigenvalue weighted by Crippen LogP contribution is -2.46. The molecule has 0 aliphatic heterocycles. The average molecular weight is 228 g/mol. The molecule has 0 spiro atoms. The van der Waals surface area contributed by atoms with Gasteiger partial charge in [-0.15, -0.1) is 0 Å². The molecule has 0 aromatic rings. The highest BCUT2D eigenvalue weighted by atomic mass is 16.2. The monoisotopic (exact) mass is 228 g/mol. The Morgan fingerprint density at radius 3 is 1.94 bits per heavy atom. The highest BCUT2D eigenvalue weighted by Crippen LogP contribution is 2.24. The van der Waals surface area contributed by atoms with Gasteiger partial charge in [-0.2, -0.15) is 0 Å². The number of amides is 1. The van der Waals surface area contributed by atoms with E-state index < -0.39 is 0 Å². The number of nitrogens with zero attached hydrogens (tertiary/aromatic N) is 2. The third kappa shape index (κ3) is 4.12. The fourth-order valence-corrected chi connectivity index (χ4v) is 2.49. The van der Waals surface area contributed by atoms with Gasteiger partial charge in [-0.3, -0.25) is 9.69 Å². The molecule has 0 N–H and O–H groups in total. The predicted molar refractivity (Wildman–Crippen MR) is 69.5 cm³/mol. The fraction of sp³-hybridized carbons (Fsp3) is 0.923. The lowest BCUT2D eigenvalue weighted by molar-refractivity contribution is -0.133. The van der Waals surface area contributed by atoms with Crippen LogP contribution in [0.1, 0.15) is 41.0 Å². The molecule has 1 atom stereocenters. The van der Waals surface area contributed by atoms with Gasteiger partial charge in [-0.1, -0.05) is 20.8 Å². The molecular weight excluding hydrogens is 200 g/mol. The lowest BCUT2D eigenvalue weighted by atomic mass is 9.89. The van der Waals surface area contributed by atoms with Crippen LogP contribution in [0.4, 0.5) is 0 Å². The van der Waals surface area contributed by atoms with Crippen LogP contribution in [0.3, 0.4) is 0 Å². The maximum absolute atomic E-state index is 11.8. The molecule has 0 aromatic carbocycles. The molecule has 96 valence electrons. The van der Waals surface area contributed by atoms with E-state index in [-0.39, 0.29) is 17.4 Å². The minimum Gasteiger partial charge on any atom is -0.349 e. The number of carbonyl (C=O) groups is 1. The summed E-state index contributed by atoms with van der Waals surface area (Å²) in [6.45, 7) is 12.9. The SMILES string of the molecule is CCN(CC)C(C)(C)CC(C)C(=O)N(C)C. The van der Waals surface area contributed by atoms with Crippen molar-refractivity contribution < 1.29 is 4.79 Å². The van der Waals surface area contributed by atoms with Crippen molar-refractivity contribution in [2.45, 2.75) is 46.6 Å². The van der Waals surface area contributed by atoms with Crippen LogP contribution in [0.15, 0.2) is 0 Å². The summed E-state index contributed by atoms with van der Waals surface area (Å²) in [7, 11) is 3.65. The molecule has 0 aliphatic rings. The Kier molecular flexibility index (Phi) is 6.01. The second-order valence-corrected chi connectivity index (χ2v) is 5.32. The van der Waals surface area contributed by atoms with Crippen molar-refractivity contribution >= 4 is 5.91 Å². The highest BCUT2D eigenvalue weighted by Gasteiger charge is 2.29. The van der Waals surface area contributed by atoms with Gasteiger partial charge in [-0.05, 0) is 33.4 Å². The smallest absolute Gasteiger partial charge is 0.224 e. The van der Waals surface area contributed by atoms with Gasteiger partial charge in [0, 0.05) is 25.6 Å². The van der Waals surface area contributed by atoms with Crippen LogP contribution in [0.25, 0.3) is 0 Å². The molecular formula is C13H28N2O. The van der Waals surface area contributed by atoms with E-state index in [1.165, 1.54) is 0 Å². The van der Waals surface area contributed by atoms with Crippen molar-refractivity contribution in [1.82, 2.24) is 9.80 Å². The Hall–Kier alpha value is -0.570. The lowest BCUT2D eigenvalue weighted by Gasteiger charge is -2.39. The van der Waals surface area contributed by atoms with Gasteiger partial charge in [0.05, 0.1) is 0 Å². The van der Waals surface area contributed by atoms with Crippen molar-refractivity contribution in [2.24, 2.45) is 5.92 Å². The van der Waals surface area contributed by atoms with Crippen LogP contribution in [0.5, 0.6) is 0 Å². The zero-order valence-corrected chi connectivity index (χ0v) is 12.0. The Morgan fingerprint density at radius 1 is 1.19 bits per heavy atom. The molecule has 1 unspecified atom stereocenters. The highest BCUT2D eigenvalue weighted by molar-refractivity contribution is 5.77. The van der Waals surface area contributed by atoms with Gasteiger partial charge in [0.25, 0.3) is 0 Å². The molecule has 0 aromatic heterocycles. The van der Waals surface area contributed by atoms with Crippen LogP contribution in [-0.4, -0.2) is 48.4 Å². The van der Waals surface area contributed by atoms with Gasteiger partial charge in [0.1, 0.15) is 0 Å². The van der Waals surface area contributed by atoms with Crippen molar-refractivity contribution in [3.05, 3.63) is 0 Å². The first-order valence-electron chi connectivity index (χ1n) is 6.22. The van der Waals surface area contributed by atoms with Crippen LogP contribution in [0.2, 0.25) is 0 Å². The van der Waals surface area contributed by atoms with Gasteiger partial charge < -0.3 is 4.90 Å². The summed E-state index contributed by atoms with van der Waals surface area (Å²) in [5.74, 6) is 0.311. The summed E-state index contributed by atoms with van der Waals surface area (Å²) in [4.78, 5) is 15.9. The van der Waals surface area contributed by atoms with Gasteiger partial charge in [0.15, 0.2) is 0 Å². The minimum absolute atomic E-state index is 0.0885. The molecule has 0 rings (SSSR count). The standard InChI is InChI=1S/C13H28N2O/c1-8-15(9-2)13(4,5)10-11(3)12(16)14(6)7/h11H,8-10H2,1-7H3. The average Bonchev–Trinajstić information content (AvgIpc) is 2.16. The molecule has 16 heavy (non-hydrogen) atoms. The molecule has 0 saturated heterocycles. The summed E-state index contributed by atoms with van der Waals surface area (Å²) >= 11 is 0. The van der Waals surface area contributed by atoms with E-state index in [2.05, 4.69) is 32.6 Å². The van der Waals surface area contributed by atoms with Gasteiger partial charge in [0.2, 0.25) is 5.91 Å². The van der Waals surface area contributed by atoms with E-state index in [0.717, 1.165) is 19.5 Å². The zero-order chi connectivity index (χ0) is 12.9. The molecule has 0 fully saturated rings. The number of carbonyl (C=O) groups excluding carboxylic acids is 1. The predicted octanol–water partition coefficient (Wildman–Crippen LogP) is 2.22. The third-order valence-corrected chi connectivity index (χ3v) is 3.29. The first-order chi connectivity index (χ1) is 7.26. The Bertz CT molecular complexity index is 220. The van der Waals surface area contributed by atoms with Crippen molar-refractivity contribution in [1.29, 1.82) is 0 Å². The van der Waals surface area contributed by atoms with Crippen molar-refractivity contribution in [2.75, 3.05) is 27.2 Å². The second kappa shape index (κ2) is 6.24. The van der Waals surface area contributed by atoms with E-state index in [4.69, 9.17) is 0 Å². The first-order valence-corrected chi connectivity index (χ1v) is 6.22. The quantitative estimate of drug-likeness (QED) is 0.696. The molecule has 0 radical (unpaired) electrons. The van der Waals surface area contributed by atoms with Crippen molar-refractivity contribution in [3.8, 4) is 0 Å². The van der Waals surface area contributed by atoms with Crippen LogP contribution >= 0.6 is 0 Å². The van der Waals surface area contributed by atoms with Crippen LogP contribution in [-0.2, 0) is 4.79 Å². The summed E-state index contributed by atoms with van der Waals surface area (Å²) < 4.78 is 0. The zero-order valence-electron chi connectivity index (χ0n) is 12.0. The van der Waals surface area contributed by atoms with Crippen LogP contribution in [0, 0.1) is 5.92 Å². The number of rotatable bonds is 6. The van der Waals surface area contributed by atoms with E-state index in [9.17, 15) is 4.79 Å². The van der Waals surface area contributed by atoms with E-state index in [1.807, 2.05) is 21.0 Å². The molecule has 1 amide bonds. The fourth-order valence-electron chi connectivity index (χ4n) is 2.49. The number of hydrogen-bond acceptors (Lipinski definition) is 2.